The number of nitrogens with one attached hydrogen (secondary N) is 1. The quantitative estimate of drug-likeness (QED) is 0.265. The molecule has 3 aromatic rings. The van der Waals surface area contributed by atoms with Gasteiger partial charge in [0.25, 0.3) is 11.6 Å². The van der Waals surface area contributed by atoms with Crippen LogP contribution in [0.2, 0.25) is 0 Å². The zero-order valence-electron chi connectivity index (χ0n) is 16.8. The fraction of sp³-hybridized carbons (Fsp3) is 0.136. The topological polar surface area (TPSA) is 125 Å². The summed E-state index contributed by atoms with van der Waals surface area (Å²) in [7, 11) is 0. The maximum Gasteiger partial charge on any atom is 0.354 e. The molecule has 1 N–H and O–H groups in total. The Kier molecular flexibility index (Phi) is 6.56. The third kappa shape index (κ3) is 4.84. The normalized spacial score (nSPS) is 11.1. The molecule has 31 heavy (non-hydrogen) atoms. The fourth-order valence-electron chi connectivity index (χ4n) is 2.90. The van der Waals surface area contributed by atoms with Crippen molar-refractivity contribution in [1.82, 2.24) is 10.5 Å². The Morgan fingerprint density at radius 2 is 1.84 bits per heavy atom. The summed E-state index contributed by atoms with van der Waals surface area (Å²) >= 11 is 0. The van der Waals surface area contributed by atoms with Crippen molar-refractivity contribution in [2.24, 2.45) is 0 Å². The van der Waals surface area contributed by atoms with Gasteiger partial charge in [-0.2, -0.15) is 0 Å². The van der Waals surface area contributed by atoms with Crippen LogP contribution in [-0.2, 0) is 9.53 Å². The number of nitro groups is 1. The standard InChI is InChI=1S/C22H19N3O6/c1-3-30-22(27)17(13-16-11-7-8-12-18(16)25(28)29)23-21(26)19-14(2)31-24-20(19)15-9-5-4-6-10-15/h4-13H,3H2,1-2H3,(H,23,26)/b17-13-. The molecule has 1 heterocycles. The summed E-state index contributed by atoms with van der Waals surface area (Å²) in [5.41, 5.74) is 0.782. The summed E-state index contributed by atoms with van der Waals surface area (Å²) in [5, 5.41) is 17.8. The van der Waals surface area contributed by atoms with Crippen LogP contribution in [0.4, 0.5) is 5.69 Å². The molecular weight excluding hydrogens is 402 g/mol. The molecule has 0 aliphatic heterocycles. The van der Waals surface area contributed by atoms with E-state index >= 15 is 0 Å². The first-order valence-corrected chi connectivity index (χ1v) is 9.37. The number of nitrogens with zero attached hydrogens (tertiary/aromatic N) is 2. The second-order valence-corrected chi connectivity index (χ2v) is 6.38. The van der Waals surface area contributed by atoms with Gasteiger partial charge in [-0.1, -0.05) is 47.6 Å². The Hall–Kier alpha value is -4.27. The van der Waals surface area contributed by atoms with Gasteiger partial charge >= 0.3 is 5.97 Å². The van der Waals surface area contributed by atoms with E-state index < -0.39 is 16.8 Å². The minimum Gasteiger partial charge on any atom is -0.461 e. The Morgan fingerprint density at radius 3 is 2.52 bits per heavy atom. The monoisotopic (exact) mass is 421 g/mol. The first-order chi connectivity index (χ1) is 14.9. The first-order valence-electron chi connectivity index (χ1n) is 9.37. The van der Waals surface area contributed by atoms with E-state index in [1.54, 1.807) is 44.2 Å². The minimum atomic E-state index is -0.829. The van der Waals surface area contributed by atoms with Crippen LogP contribution in [0.5, 0.6) is 0 Å². The van der Waals surface area contributed by atoms with Crippen molar-refractivity contribution in [2.45, 2.75) is 13.8 Å². The summed E-state index contributed by atoms with van der Waals surface area (Å²) in [4.78, 5) is 36.2. The van der Waals surface area contributed by atoms with Crippen LogP contribution < -0.4 is 5.32 Å². The van der Waals surface area contributed by atoms with Gasteiger partial charge in [0.05, 0.1) is 17.1 Å². The molecule has 2 aromatic carbocycles. The number of aromatic nitrogens is 1. The maximum absolute atomic E-state index is 13.1. The highest BCUT2D eigenvalue weighted by atomic mass is 16.6. The molecule has 0 aliphatic rings. The van der Waals surface area contributed by atoms with Gasteiger partial charge in [-0.3, -0.25) is 14.9 Å². The molecule has 0 aliphatic carbocycles. The summed E-state index contributed by atoms with van der Waals surface area (Å²) in [6.07, 6.45) is 1.21. The average Bonchev–Trinajstić information content (AvgIpc) is 3.15. The van der Waals surface area contributed by atoms with Crippen molar-refractivity contribution in [2.75, 3.05) is 6.61 Å². The molecule has 158 valence electrons. The number of ether oxygens (including phenoxy) is 1. The van der Waals surface area contributed by atoms with Gasteiger partial charge in [0.2, 0.25) is 0 Å². The van der Waals surface area contributed by atoms with Gasteiger partial charge < -0.3 is 14.6 Å². The fourth-order valence-corrected chi connectivity index (χ4v) is 2.90. The summed E-state index contributed by atoms with van der Waals surface area (Å²) in [6.45, 7) is 3.24. The molecule has 0 radical (unpaired) electrons. The lowest BCUT2D eigenvalue weighted by Crippen LogP contribution is -2.29. The van der Waals surface area contributed by atoms with E-state index in [-0.39, 0.29) is 34.9 Å². The third-order valence-corrected chi connectivity index (χ3v) is 4.31. The number of para-hydroxylation sites is 1. The molecule has 0 spiro atoms. The number of amides is 1. The number of rotatable bonds is 7. The Labute approximate surface area is 177 Å². The largest absolute Gasteiger partial charge is 0.461 e. The smallest absolute Gasteiger partial charge is 0.354 e. The highest BCUT2D eigenvalue weighted by Gasteiger charge is 2.25. The van der Waals surface area contributed by atoms with Gasteiger partial charge in [-0.25, -0.2) is 4.79 Å². The van der Waals surface area contributed by atoms with E-state index in [0.717, 1.165) is 0 Å². The lowest BCUT2D eigenvalue weighted by Gasteiger charge is -2.10. The van der Waals surface area contributed by atoms with Crippen molar-refractivity contribution < 1.29 is 23.8 Å². The van der Waals surface area contributed by atoms with E-state index in [9.17, 15) is 19.7 Å². The number of nitro benzene ring substituents is 1. The summed E-state index contributed by atoms with van der Waals surface area (Å²) in [5.74, 6) is -1.23. The van der Waals surface area contributed by atoms with Gasteiger partial charge in [-0.05, 0) is 26.0 Å². The minimum absolute atomic E-state index is 0.0600. The predicted molar refractivity (Wildman–Crippen MR) is 112 cm³/mol. The number of hydrogen-bond acceptors (Lipinski definition) is 7. The van der Waals surface area contributed by atoms with Gasteiger partial charge in [-0.15, -0.1) is 0 Å². The Balaban J connectivity index is 2.01. The number of aryl methyl sites for hydroxylation is 1. The second-order valence-electron chi connectivity index (χ2n) is 6.38. The van der Waals surface area contributed by atoms with E-state index in [4.69, 9.17) is 9.26 Å². The van der Waals surface area contributed by atoms with Crippen LogP contribution in [-0.4, -0.2) is 28.6 Å². The zero-order valence-corrected chi connectivity index (χ0v) is 16.8. The predicted octanol–water partition coefficient (Wildman–Crippen LogP) is 3.89. The van der Waals surface area contributed by atoms with E-state index in [1.807, 2.05) is 6.07 Å². The van der Waals surface area contributed by atoms with Crippen molar-refractivity contribution in [3.05, 3.63) is 87.3 Å². The molecule has 0 saturated carbocycles. The Bertz CT molecular complexity index is 1150. The lowest BCUT2D eigenvalue weighted by atomic mass is 10.1. The van der Waals surface area contributed by atoms with Gasteiger partial charge in [0.1, 0.15) is 22.7 Å². The molecule has 3 rings (SSSR count). The van der Waals surface area contributed by atoms with Crippen LogP contribution >= 0.6 is 0 Å². The molecule has 0 atom stereocenters. The lowest BCUT2D eigenvalue weighted by molar-refractivity contribution is -0.385. The van der Waals surface area contributed by atoms with Gasteiger partial charge in [0, 0.05) is 11.6 Å². The summed E-state index contributed by atoms with van der Waals surface area (Å²) < 4.78 is 10.2. The molecule has 0 fully saturated rings. The summed E-state index contributed by atoms with van der Waals surface area (Å²) in [6, 6.07) is 14.8. The molecule has 0 bridgehead atoms. The number of esters is 1. The SMILES string of the molecule is CCOC(=O)/C(=C/c1ccccc1[N+](=O)[O-])NC(=O)c1c(-c2ccccc2)noc1C. The van der Waals surface area contributed by atoms with Crippen molar-refractivity contribution >= 4 is 23.6 Å². The van der Waals surface area contributed by atoms with Crippen LogP contribution in [0.25, 0.3) is 17.3 Å². The molecule has 9 heteroatoms. The molecular formula is C22H19N3O6. The number of carbonyl (C=O) groups excluding carboxylic acids is 2. The maximum atomic E-state index is 13.1. The average molecular weight is 421 g/mol. The molecule has 1 aromatic heterocycles. The molecule has 9 nitrogen and oxygen atoms in total. The number of benzene rings is 2. The molecule has 0 unspecified atom stereocenters. The van der Waals surface area contributed by atoms with Crippen molar-refractivity contribution in [3.63, 3.8) is 0 Å². The number of hydrogen-bond donors (Lipinski definition) is 1. The van der Waals surface area contributed by atoms with Crippen LogP contribution in [0.15, 0.2) is 64.8 Å². The highest BCUT2D eigenvalue weighted by molar-refractivity contribution is 6.06. The third-order valence-electron chi connectivity index (χ3n) is 4.31. The van der Waals surface area contributed by atoms with Crippen LogP contribution in [0, 0.1) is 17.0 Å². The molecule has 0 saturated heterocycles. The highest BCUT2D eigenvalue weighted by Crippen LogP contribution is 2.26. The van der Waals surface area contributed by atoms with E-state index in [2.05, 4.69) is 10.5 Å². The molecule has 1 amide bonds. The van der Waals surface area contributed by atoms with Crippen LogP contribution in [0.3, 0.4) is 0 Å². The Morgan fingerprint density at radius 1 is 1.16 bits per heavy atom. The first kappa shape index (κ1) is 21.4. The van der Waals surface area contributed by atoms with Crippen molar-refractivity contribution in [1.29, 1.82) is 0 Å². The number of carbonyl (C=O) groups is 2. The van der Waals surface area contributed by atoms with E-state index in [1.165, 1.54) is 24.3 Å². The zero-order chi connectivity index (χ0) is 22.4. The van der Waals surface area contributed by atoms with Gasteiger partial charge in [0.15, 0.2) is 0 Å². The van der Waals surface area contributed by atoms with Crippen LogP contribution in [0.1, 0.15) is 28.6 Å². The second kappa shape index (κ2) is 9.49. The van der Waals surface area contributed by atoms with E-state index in [0.29, 0.717) is 11.3 Å². The van der Waals surface area contributed by atoms with Crippen molar-refractivity contribution in [3.8, 4) is 11.3 Å².